The van der Waals surface area contributed by atoms with Crippen molar-refractivity contribution in [1.29, 1.82) is 0 Å². The number of hydrogen-bond acceptors (Lipinski definition) is 4. The van der Waals surface area contributed by atoms with Crippen molar-refractivity contribution in [1.82, 2.24) is 15.0 Å². The molecule has 6 heteroatoms. The summed E-state index contributed by atoms with van der Waals surface area (Å²) in [6.45, 7) is 5.16. The molecule has 0 atom stereocenters. The first-order valence-electron chi connectivity index (χ1n) is 9.03. The molecule has 2 aromatic carbocycles. The Morgan fingerprint density at radius 2 is 1.74 bits per heavy atom. The van der Waals surface area contributed by atoms with Gasteiger partial charge in [0.25, 0.3) is 5.91 Å². The van der Waals surface area contributed by atoms with Crippen molar-refractivity contribution in [3.8, 4) is 11.3 Å². The van der Waals surface area contributed by atoms with E-state index in [2.05, 4.69) is 5.16 Å². The maximum absolute atomic E-state index is 12.8. The van der Waals surface area contributed by atoms with E-state index in [1.165, 1.54) is 4.90 Å². The Balaban J connectivity index is 1.86. The van der Waals surface area contributed by atoms with Gasteiger partial charge in [-0.05, 0) is 32.0 Å². The largest absolute Gasteiger partial charge is 0.355 e. The average Bonchev–Trinajstić information content (AvgIpc) is 3.12. The van der Waals surface area contributed by atoms with E-state index in [0.29, 0.717) is 29.9 Å². The lowest BCUT2D eigenvalue weighted by Crippen LogP contribution is -2.41. The zero-order valence-electron chi connectivity index (χ0n) is 15.8. The third kappa shape index (κ3) is 3.84. The van der Waals surface area contributed by atoms with Gasteiger partial charge in [-0.1, -0.05) is 35.5 Å². The highest BCUT2D eigenvalue weighted by Crippen LogP contribution is 2.29. The fourth-order valence-corrected chi connectivity index (χ4v) is 3.04. The van der Waals surface area contributed by atoms with Crippen molar-refractivity contribution in [2.75, 3.05) is 26.7 Å². The number of rotatable bonds is 6. The number of fused-ring (bicyclic) bond motifs is 1. The monoisotopic (exact) mass is 365 g/mol. The summed E-state index contributed by atoms with van der Waals surface area (Å²) >= 11 is 0. The molecule has 0 bridgehead atoms. The average molecular weight is 365 g/mol. The highest BCUT2D eigenvalue weighted by atomic mass is 16.5. The van der Waals surface area contributed by atoms with E-state index in [9.17, 15) is 9.59 Å². The summed E-state index contributed by atoms with van der Waals surface area (Å²) in [5, 5.41) is 4.85. The summed E-state index contributed by atoms with van der Waals surface area (Å²) in [6.07, 6.45) is 0. The Morgan fingerprint density at radius 1 is 1.04 bits per heavy atom. The highest BCUT2D eigenvalue weighted by molar-refractivity contribution is 6.01. The SMILES string of the molecule is CCN(CC)C(=O)CN(C)C(=O)c1ccc2noc(-c3ccccc3)c2c1. The molecule has 1 aromatic heterocycles. The third-order valence-corrected chi connectivity index (χ3v) is 4.59. The van der Waals surface area contributed by atoms with Crippen LogP contribution in [-0.2, 0) is 4.79 Å². The summed E-state index contributed by atoms with van der Waals surface area (Å²) < 4.78 is 5.49. The molecular formula is C21H23N3O3. The summed E-state index contributed by atoms with van der Waals surface area (Å²) in [5.74, 6) is 0.353. The molecule has 140 valence electrons. The predicted octanol–water partition coefficient (Wildman–Crippen LogP) is 3.44. The predicted molar refractivity (Wildman–Crippen MR) is 104 cm³/mol. The van der Waals surface area contributed by atoms with Crippen molar-refractivity contribution in [2.24, 2.45) is 0 Å². The van der Waals surface area contributed by atoms with Crippen LogP contribution in [0.5, 0.6) is 0 Å². The second-order valence-corrected chi connectivity index (χ2v) is 6.34. The highest BCUT2D eigenvalue weighted by Gasteiger charge is 2.19. The van der Waals surface area contributed by atoms with Crippen LogP contribution in [0.1, 0.15) is 24.2 Å². The molecule has 0 unspecified atom stereocenters. The summed E-state index contributed by atoms with van der Waals surface area (Å²) in [5.41, 5.74) is 2.08. The number of likely N-dealkylation sites (N-methyl/N-ethyl adjacent to an activating group) is 2. The maximum Gasteiger partial charge on any atom is 0.254 e. The number of hydrogen-bond donors (Lipinski definition) is 0. The molecule has 3 aromatic rings. The maximum atomic E-state index is 12.8. The number of nitrogens with zero attached hydrogens (tertiary/aromatic N) is 3. The molecule has 0 spiro atoms. The first-order valence-corrected chi connectivity index (χ1v) is 9.03. The van der Waals surface area contributed by atoms with Gasteiger partial charge in [-0.2, -0.15) is 0 Å². The van der Waals surface area contributed by atoms with Crippen LogP contribution < -0.4 is 0 Å². The fourth-order valence-electron chi connectivity index (χ4n) is 3.04. The lowest BCUT2D eigenvalue weighted by molar-refractivity contribution is -0.131. The van der Waals surface area contributed by atoms with Crippen molar-refractivity contribution in [3.05, 3.63) is 54.1 Å². The summed E-state index contributed by atoms with van der Waals surface area (Å²) in [7, 11) is 1.64. The van der Waals surface area contributed by atoms with E-state index in [-0.39, 0.29) is 18.4 Å². The summed E-state index contributed by atoms with van der Waals surface area (Å²) in [4.78, 5) is 28.2. The summed E-state index contributed by atoms with van der Waals surface area (Å²) in [6, 6.07) is 14.9. The molecule has 0 aliphatic carbocycles. The number of benzene rings is 2. The Labute approximate surface area is 158 Å². The lowest BCUT2D eigenvalue weighted by Gasteiger charge is -2.23. The van der Waals surface area contributed by atoms with Crippen LogP contribution in [0.3, 0.4) is 0 Å². The van der Waals surface area contributed by atoms with Gasteiger partial charge in [-0.25, -0.2) is 0 Å². The van der Waals surface area contributed by atoms with Gasteiger partial charge in [0, 0.05) is 31.3 Å². The standard InChI is InChI=1S/C21H23N3O3/c1-4-24(5-2)19(25)14-23(3)21(26)16-11-12-18-17(13-16)20(27-22-18)15-9-7-6-8-10-15/h6-13H,4-5,14H2,1-3H3. The molecular weight excluding hydrogens is 342 g/mol. The van der Waals surface area contributed by atoms with Gasteiger partial charge < -0.3 is 14.3 Å². The van der Waals surface area contributed by atoms with E-state index in [4.69, 9.17) is 4.52 Å². The van der Waals surface area contributed by atoms with Crippen LogP contribution in [-0.4, -0.2) is 53.5 Å². The van der Waals surface area contributed by atoms with Crippen LogP contribution in [0.15, 0.2) is 53.1 Å². The van der Waals surface area contributed by atoms with E-state index in [1.807, 2.05) is 44.2 Å². The molecule has 0 saturated carbocycles. The molecule has 0 radical (unpaired) electrons. The van der Waals surface area contributed by atoms with Crippen molar-refractivity contribution >= 4 is 22.7 Å². The number of aromatic nitrogens is 1. The quantitative estimate of drug-likeness (QED) is 0.671. The molecule has 3 rings (SSSR count). The van der Waals surface area contributed by atoms with Crippen LogP contribution in [0.2, 0.25) is 0 Å². The van der Waals surface area contributed by atoms with Crippen molar-refractivity contribution in [2.45, 2.75) is 13.8 Å². The molecule has 0 fully saturated rings. The van der Waals surface area contributed by atoms with Crippen LogP contribution in [0.25, 0.3) is 22.2 Å². The smallest absolute Gasteiger partial charge is 0.254 e. The van der Waals surface area contributed by atoms with Gasteiger partial charge in [0.1, 0.15) is 5.52 Å². The first kappa shape index (κ1) is 18.6. The molecule has 0 aliphatic heterocycles. The molecule has 0 N–H and O–H groups in total. The van der Waals surface area contributed by atoms with E-state index >= 15 is 0 Å². The zero-order valence-corrected chi connectivity index (χ0v) is 15.8. The van der Waals surface area contributed by atoms with Crippen molar-refractivity contribution in [3.63, 3.8) is 0 Å². The first-order chi connectivity index (χ1) is 13.0. The Kier molecular flexibility index (Phi) is 5.54. The Morgan fingerprint density at radius 3 is 2.41 bits per heavy atom. The molecule has 0 saturated heterocycles. The van der Waals surface area contributed by atoms with E-state index in [0.717, 1.165) is 10.9 Å². The van der Waals surface area contributed by atoms with Gasteiger partial charge in [-0.3, -0.25) is 9.59 Å². The van der Waals surface area contributed by atoms with Gasteiger partial charge in [0.05, 0.1) is 11.9 Å². The minimum atomic E-state index is -0.211. The fraction of sp³-hybridized carbons (Fsp3) is 0.286. The van der Waals surface area contributed by atoms with Crippen LogP contribution >= 0.6 is 0 Å². The van der Waals surface area contributed by atoms with Gasteiger partial charge >= 0.3 is 0 Å². The second-order valence-electron chi connectivity index (χ2n) is 6.34. The van der Waals surface area contributed by atoms with Crippen molar-refractivity contribution < 1.29 is 14.1 Å². The lowest BCUT2D eigenvalue weighted by atomic mass is 10.1. The zero-order chi connectivity index (χ0) is 19.4. The van der Waals surface area contributed by atoms with Gasteiger partial charge in [0.15, 0.2) is 5.76 Å². The second kappa shape index (κ2) is 8.03. The van der Waals surface area contributed by atoms with Gasteiger partial charge in [-0.15, -0.1) is 0 Å². The Hall–Kier alpha value is -3.15. The van der Waals surface area contributed by atoms with E-state index < -0.39 is 0 Å². The third-order valence-electron chi connectivity index (χ3n) is 4.59. The Bertz CT molecular complexity index is 946. The van der Waals surface area contributed by atoms with Crippen LogP contribution in [0.4, 0.5) is 0 Å². The molecule has 0 aliphatic rings. The van der Waals surface area contributed by atoms with Crippen LogP contribution in [0, 0.1) is 0 Å². The number of amides is 2. The minimum Gasteiger partial charge on any atom is -0.355 e. The number of carbonyl (C=O) groups is 2. The van der Waals surface area contributed by atoms with Gasteiger partial charge in [0.2, 0.25) is 5.91 Å². The minimum absolute atomic E-state index is 0.0493. The van der Waals surface area contributed by atoms with E-state index in [1.54, 1.807) is 30.1 Å². The normalized spacial score (nSPS) is 10.8. The molecule has 6 nitrogen and oxygen atoms in total. The molecule has 1 heterocycles. The topological polar surface area (TPSA) is 66.7 Å². The number of carbonyl (C=O) groups excluding carboxylic acids is 2. The molecule has 2 amide bonds. The molecule has 27 heavy (non-hydrogen) atoms.